The minimum Gasteiger partial charge on any atom is -0.497 e. The lowest BCUT2D eigenvalue weighted by Gasteiger charge is -2.05. The Labute approximate surface area is 128 Å². The SMILES string of the molecule is COc1ccc(CCNC(=O)c2ccc(NC(C)=O)o2)cc1. The molecule has 0 atom stereocenters. The molecular weight excluding hydrogens is 284 g/mol. The fourth-order valence-electron chi connectivity index (χ4n) is 1.90. The molecule has 116 valence electrons. The van der Waals surface area contributed by atoms with E-state index < -0.39 is 0 Å². The Bertz CT molecular complexity index is 646. The van der Waals surface area contributed by atoms with Gasteiger partial charge in [0.05, 0.1) is 7.11 Å². The fourth-order valence-corrected chi connectivity index (χ4v) is 1.90. The van der Waals surface area contributed by atoms with E-state index in [1.54, 1.807) is 13.2 Å². The second-order valence-corrected chi connectivity index (χ2v) is 4.70. The first-order chi connectivity index (χ1) is 10.6. The summed E-state index contributed by atoms with van der Waals surface area (Å²) in [6.45, 7) is 1.86. The first-order valence-corrected chi connectivity index (χ1v) is 6.87. The second kappa shape index (κ2) is 7.31. The Balaban J connectivity index is 1.81. The summed E-state index contributed by atoms with van der Waals surface area (Å²) in [5.41, 5.74) is 1.10. The average molecular weight is 302 g/mol. The molecule has 2 N–H and O–H groups in total. The van der Waals surface area contributed by atoms with Crippen LogP contribution in [0.2, 0.25) is 0 Å². The van der Waals surface area contributed by atoms with E-state index in [0.717, 1.165) is 11.3 Å². The fraction of sp³-hybridized carbons (Fsp3) is 0.250. The standard InChI is InChI=1S/C16H18N2O4/c1-11(19)18-15-8-7-14(22-15)16(20)17-10-9-12-3-5-13(21-2)6-4-12/h3-8H,9-10H2,1-2H3,(H,17,20)(H,18,19). The van der Waals surface area contributed by atoms with E-state index >= 15 is 0 Å². The molecule has 2 rings (SSSR count). The highest BCUT2D eigenvalue weighted by Crippen LogP contribution is 2.13. The zero-order valence-corrected chi connectivity index (χ0v) is 12.5. The normalized spacial score (nSPS) is 10.1. The molecule has 0 aliphatic carbocycles. The number of hydrogen-bond acceptors (Lipinski definition) is 4. The van der Waals surface area contributed by atoms with Crippen LogP contribution in [0.3, 0.4) is 0 Å². The lowest BCUT2D eigenvalue weighted by Crippen LogP contribution is -2.25. The maximum Gasteiger partial charge on any atom is 0.287 e. The number of ether oxygens (including phenoxy) is 1. The van der Waals surface area contributed by atoms with Crippen LogP contribution in [0.25, 0.3) is 0 Å². The van der Waals surface area contributed by atoms with E-state index in [9.17, 15) is 9.59 Å². The Morgan fingerprint density at radius 2 is 1.86 bits per heavy atom. The summed E-state index contributed by atoms with van der Waals surface area (Å²) >= 11 is 0. The van der Waals surface area contributed by atoms with Crippen molar-refractivity contribution >= 4 is 17.7 Å². The minimum atomic E-state index is -0.315. The van der Waals surface area contributed by atoms with Gasteiger partial charge in [0.2, 0.25) is 5.91 Å². The third-order valence-electron chi connectivity index (χ3n) is 2.99. The van der Waals surface area contributed by atoms with Crippen molar-refractivity contribution in [2.75, 3.05) is 19.0 Å². The lowest BCUT2D eigenvalue weighted by molar-refractivity contribution is -0.114. The molecule has 0 spiro atoms. The monoisotopic (exact) mass is 302 g/mol. The summed E-state index contributed by atoms with van der Waals surface area (Å²) in [6.07, 6.45) is 0.703. The molecular formula is C16H18N2O4. The van der Waals surface area contributed by atoms with Gasteiger partial charge in [-0.05, 0) is 30.2 Å². The molecule has 0 saturated heterocycles. The van der Waals surface area contributed by atoms with Gasteiger partial charge in [-0.3, -0.25) is 14.9 Å². The summed E-state index contributed by atoms with van der Waals surface area (Å²) in [5.74, 6) is 0.658. The third kappa shape index (κ3) is 4.37. The van der Waals surface area contributed by atoms with Gasteiger partial charge in [-0.15, -0.1) is 0 Å². The molecule has 0 fully saturated rings. The molecule has 1 aromatic carbocycles. The average Bonchev–Trinajstić information content (AvgIpc) is 2.95. The third-order valence-corrected chi connectivity index (χ3v) is 2.99. The first kappa shape index (κ1) is 15.6. The molecule has 0 radical (unpaired) electrons. The molecule has 0 aliphatic heterocycles. The number of anilines is 1. The van der Waals surface area contributed by atoms with Crippen molar-refractivity contribution in [2.24, 2.45) is 0 Å². The van der Waals surface area contributed by atoms with E-state index in [0.29, 0.717) is 13.0 Å². The molecule has 2 amide bonds. The maximum absolute atomic E-state index is 11.9. The van der Waals surface area contributed by atoms with Crippen molar-refractivity contribution in [1.29, 1.82) is 0 Å². The number of amides is 2. The van der Waals surface area contributed by atoms with Gasteiger partial charge in [0.25, 0.3) is 5.91 Å². The van der Waals surface area contributed by atoms with Crippen molar-refractivity contribution in [3.8, 4) is 5.75 Å². The zero-order valence-electron chi connectivity index (χ0n) is 12.5. The quantitative estimate of drug-likeness (QED) is 0.857. The topological polar surface area (TPSA) is 80.6 Å². The predicted molar refractivity (Wildman–Crippen MR) is 82.0 cm³/mol. The Hall–Kier alpha value is -2.76. The number of benzene rings is 1. The van der Waals surface area contributed by atoms with Gasteiger partial charge in [-0.2, -0.15) is 0 Å². The van der Waals surface area contributed by atoms with E-state index in [2.05, 4.69) is 10.6 Å². The van der Waals surface area contributed by atoms with Gasteiger partial charge in [0.1, 0.15) is 5.75 Å². The number of carbonyl (C=O) groups is 2. The van der Waals surface area contributed by atoms with E-state index in [1.165, 1.54) is 13.0 Å². The van der Waals surface area contributed by atoms with Crippen LogP contribution in [0, 0.1) is 0 Å². The smallest absolute Gasteiger partial charge is 0.287 e. The minimum absolute atomic E-state index is 0.165. The van der Waals surface area contributed by atoms with Crippen LogP contribution in [0.1, 0.15) is 23.0 Å². The number of nitrogens with one attached hydrogen (secondary N) is 2. The van der Waals surface area contributed by atoms with Crippen LogP contribution in [0.5, 0.6) is 5.75 Å². The highest BCUT2D eigenvalue weighted by atomic mass is 16.5. The number of carbonyl (C=O) groups excluding carboxylic acids is 2. The van der Waals surface area contributed by atoms with Crippen LogP contribution in [-0.4, -0.2) is 25.5 Å². The van der Waals surface area contributed by atoms with Gasteiger partial charge in [0.15, 0.2) is 11.6 Å². The number of hydrogen-bond donors (Lipinski definition) is 2. The highest BCUT2D eigenvalue weighted by Gasteiger charge is 2.11. The summed E-state index contributed by atoms with van der Waals surface area (Å²) in [4.78, 5) is 22.8. The molecule has 0 unspecified atom stereocenters. The molecule has 2 aromatic rings. The van der Waals surface area contributed by atoms with Gasteiger partial charge in [0, 0.05) is 19.5 Å². The van der Waals surface area contributed by atoms with Gasteiger partial charge in [-0.1, -0.05) is 12.1 Å². The van der Waals surface area contributed by atoms with Gasteiger partial charge >= 0.3 is 0 Å². The van der Waals surface area contributed by atoms with Crippen molar-refractivity contribution in [3.63, 3.8) is 0 Å². The zero-order chi connectivity index (χ0) is 15.9. The van der Waals surface area contributed by atoms with E-state index in [4.69, 9.17) is 9.15 Å². The van der Waals surface area contributed by atoms with Crippen LogP contribution in [-0.2, 0) is 11.2 Å². The summed E-state index contributed by atoms with van der Waals surface area (Å²) in [6, 6.07) is 10.7. The summed E-state index contributed by atoms with van der Waals surface area (Å²) < 4.78 is 10.3. The van der Waals surface area contributed by atoms with Crippen LogP contribution >= 0.6 is 0 Å². The molecule has 0 saturated carbocycles. The van der Waals surface area contributed by atoms with Crippen molar-refractivity contribution in [1.82, 2.24) is 5.32 Å². The van der Waals surface area contributed by atoms with Crippen molar-refractivity contribution in [2.45, 2.75) is 13.3 Å². The summed E-state index contributed by atoms with van der Waals surface area (Å²) in [7, 11) is 1.62. The van der Waals surface area contributed by atoms with Crippen LogP contribution < -0.4 is 15.4 Å². The van der Waals surface area contributed by atoms with Gasteiger partial charge < -0.3 is 14.5 Å². The molecule has 0 bridgehead atoms. The molecule has 6 heteroatoms. The Morgan fingerprint density at radius 1 is 1.14 bits per heavy atom. The molecule has 22 heavy (non-hydrogen) atoms. The van der Waals surface area contributed by atoms with Gasteiger partial charge in [-0.25, -0.2) is 0 Å². The number of rotatable bonds is 6. The molecule has 0 aliphatic rings. The van der Waals surface area contributed by atoms with E-state index in [1.807, 2.05) is 24.3 Å². The van der Waals surface area contributed by atoms with Crippen molar-refractivity contribution in [3.05, 3.63) is 47.7 Å². The van der Waals surface area contributed by atoms with E-state index in [-0.39, 0.29) is 23.5 Å². The molecule has 1 aromatic heterocycles. The van der Waals surface area contributed by atoms with Crippen LogP contribution in [0.15, 0.2) is 40.8 Å². The number of furan rings is 1. The first-order valence-electron chi connectivity index (χ1n) is 6.87. The Morgan fingerprint density at radius 3 is 2.50 bits per heavy atom. The second-order valence-electron chi connectivity index (χ2n) is 4.70. The Kier molecular flexibility index (Phi) is 5.19. The highest BCUT2D eigenvalue weighted by molar-refractivity contribution is 5.93. The predicted octanol–water partition coefficient (Wildman–Crippen LogP) is 2.22. The van der Waals surface area contributed by atoms with Crippen molar-refractivity contribution < 1.29 is 18.7 Å². The molecule has 1 heterocycles. The lowest BCUT2D eigenvalue weighted by atomic mass is 10.1. The largest absolute Gasteiger partial charge is 0.497 e. The van der Waals surface area contributed by atoms with Crippen LogP contribution in [0.4, 0.5) is 5.88 Å². The summed E-state index contributed by atoms with van der Waals surface area (Å²) in [5, 5.41) is 5.24. The number of methoxy groups -OCH3 is 1. The molecule has 6 nitrogen and oxygen atoms in total. The maximum atomic E-state index is 11.9.